The molecule has 124 valence electrons. The number of methoxy groups -OCH3 is 1. The highest BCUT2D eigenvalue weighted by Crippen LogP contribution is 2.05. The van der Waals surface area contributed by atoms with E-state index in [9.17, 15) is 4.79 Å². The standard InChI is InChI=1S/C16H23N5O2/c1-14(21-8-7-17-13-21)11-19-16(22)20(9-10-23-2)12-15-5-3-4-6-18-15/h3-8,13-14H,9-12H2,1-2H3,(H,19,22). The van der Waals surface area contributed by atoms with Crippen molar-refractivity contribution in [2.24, 2.45) is 0 Å². The summed E-state index contributed by atoms with van der Waals surface area (Å²) < 4.78 is 7.05. The second-order valence-electron chi connectivity index (χ2n) is 5.28. The second-order valence-corrected chi connectivity index (χ2v) is 5.28. The Morgan fingerprint density at radius 2 is 2.30 bits per heavy atom. The molecule has 2 heterocycles. The largest absolute Gasteiger partial charge is 0.383 e. The molecule has 7 nitrogen and oxygen atoms in total. The molecule has 0 saturated carbocycles. The van der Waals surface area contributed by atoms with Crippen molar-refractivity contribution < 1.29 is 9.53 Å². The van der Waals surface area contributed by atoms with E-state index in [4.69, 9.17) is 4.74 Å². The molecule has 2 aromatic rings. The summed E-state index contributed by atoms with van der Waals surface area (Å²) in [6, 6.07) is 5.69. The second kappa shape index (κ2) is 8.89. The minimum atomic E-state index is -0.125. The smallest absolute Gasteiger partial charge is 0.317 e. The highest BCUT2D eigenvalue weighted by Gasteiger charge is 2.15. The predicted molar refractivity (Wildman–Crippen MR) is 86.9 cm³/mol. The van der Waals surface area contributed by atoms with Gasteiger partial charge in [-0.1, -0.05) is 6.07 Å². The van der Waals surface area contributed by atoms with Crippen molar-refractivity contribution in [2.45, 2.75) is 19.5 Å². The van der Waals surface area contributed by atoms with Crippen LogP contribution in [0.15, 0.2) is 43.1 Å². The molecular formula is C16H23N5O2. The van der Waals surface area contributed by atoms with Crippen LogP contribution in [0.2, 0.25) is 0 Å². The number of nitrogens with one attached hydrogen (secondary N) is 1. The molecule has 0 spiro atoms. The molecule has 0 bridgehead atoms. The van der Waals surface area contributed by atoms with Crippen LogP contribution in [0.25, 0.3) is 0 Å². The van der Waals surface area contributed by atoms with Gasteiger partial charge in [0.2, 0.25) is 0 Å². The molecule has 0 aliphatic rings. The Labute approximate surface area is 136 Å². The van der Waals surface area contributed by atoms with Gasteiger partial charge < -0.3 is 19.5 Å². The number of rotatable bonds is 8. The number of nitrogens with zero attached hydrogens (tertiary/aromatic N) is 4. The van der Waals surface area contributed by atoms with E-state index in [0.29, 0.717) is 26.2 Å². The topological polar surface area (TPSA) is 72.3 Å². The summed E-state index contributed by atoms with van der Waals surface area (Å²) in [5, 5.41) is 2.95. The van der Waals surface area contributed by atoms with Crippen LogP contribution in [-0.4, -0.2) is 52.3 Å². The molecule has 2 rings (SSSR count). The number of amides is 2. The SMILES string of the molecule is COCCN(Cc1ccccn1)C(=O)NCC(C)n1ccnc1. The highest BCUT2D eigenvalue weighted by molar-refractivity contribution is 5.74. The molecular weight excluding hydrogens is 294 g/mol. The highest BCUT2D eigenvalue weighted by atomic mass is 16.5. The number of pyridine rings is 1. The Balaban J connectivity index is 1.90. The first-order valence-electron chi connectivity index (χ1n) is 7.59. The van der Waals surface area contributed by atoms with Gasteiger partial charge in [-0.25, -0.2) is 9.78 Å². The van der Waals surface area contributed by atoms with E-state index in [1.807, 2.05) is 35.9 Å². The summed E-state index contributed by atoms with van der Waals surface area (Å²) in [6.45, 7) is 4.01. The molecule has 1 atom stereocenters. The Kier molecular flexibility index (Phi) is 6.56. The van der Waals surface area contributed by atoms with Crippen LogP contribution >= 0.6 is 0 Å². The molecule has 0 aliphatic carbocycles. The molecule has 0 aromatic carbocycles. The van der Waals surface area contributed by atoms with E-state index >= 15 is 0 Å². The summed E-state index contributed by atoms with van der Waals surface area (Å²) >= 11 is 0. The van der Waals surface area contributed by atoms with Gasteiger partial charge in [-0.2, -0.15) is 0 Å². The van der Waals surface area contributed by atoms with Gasteiger partial charge >= 0.3 is 6.03 Å². The van der Waals surface area contributed by atoms with Gasteiger partial charge in [-0.05, 0) is 19.1 Å². The summed E-state index contributed by atoms with van der Waals surface area (Å²) in [7, 11) is 1.62. The van der Waals surface area contributed by atoms with Crippen molar-refractivity contribution >= 4 is 6.03 Å². The van der Waals surface area contributed by atoms with Gasteiger partial charge in [-0.15, -0.1) is 0 Å². The fourth-order valence-corrected chi connectivity index (χ4v) is 2.12. The third-order valence-corrected chi connectivity index (χ3v) is 3.51. The number of hydrogen-bond donors (Lipinski definition) is 1. The van der Waals surface area contributed by atoms with E-state index in [0.717, 1.165) is 5.69 Å². The van der Waals surface area contributed by atoms with Crippen molar-refractivity contribution in [3.8, 4) is 0 Å². The average molecular weight is 317 g/mol. The van der Waals surface area contributed by atoms with Gasteiger partial charge in [-0.3, -0.25) is 4.98 Å². The van der Waals surface area contributed by atoms with E-state index in [-0.39, 0.29) is 12.1 Å². The Morgan fingerprint density at radius 1 is 1.43 bits per heavy atom. The Bertz CT molecular complexity index is 573. The van der Waals surface area contributed by atoms with Crippen molar-refractivity contribution in [1.82, 2.24) is 24.8 Å². The Hall–Kier alpha value is -2.41. The maximum Gasteiger partial charge on any atom is 0.317 e. The molecule has 2 aromatic heterocycles. The van der Waals surface area contributed by atoms with Crippen LogP contribution in [0, 0.1) is 0 Å². The average Bonchev–Trinajstić information content (AvgIpc) is 3.11. The van der Waals surface area contributed by atoms with Crippen LogP contribution < -0.4 is 5.32 Å². The predicted octanol–water partition coefficient (Wildman–Crippen LogP) is 1.70. The number of imidazole rings is 1. The van der Waals surface area contributed by atoms with Gasteiger partial charge in [0.1, 0.15) is 0 Å². The van der Waals surface area contributed by atoms with E-state index in [1.165, 1.54) is 0 Å². The molecule has 1 N–H and O–H groups in total. The summed E-state index contributed by atoms with van der Waals surface area (Å²) in [5.41, 5.74) is 0.849. The van der Waals surface area contributed by atoms with Crippen LogP contribution in [0.1, 0.15) is 18.7 Å². The van der Waals surface area contributed by atoms with Crippen LogP contribution in [0.4, 0.5) is 4.79 Å². The van der Waals surface area contributed by atoms with Crippen LogP contribution in [0.5, 0.6) is 0 Å². The van der Waals surface area contributed by atoms with Crippen LogP contribution in [0.3, 0.4) is 0 Å². The fourth-order valence-electron chi connectivity index (χ4n) is 2.12. The van der Waals surface area contributed by atoms with Gasteiger partial charge in [0.15, 0.2) is 0 Å². The van der Waals surface area contributed by atoms with E-state index < -0.39 is 0 Å². The number of carbonyl (C=O) groups is 1. The third-order valence-electron chi connectivity index (χ3n) is 3.51. The minimum Gasteiger partial charge on any atom is -0.383 e. The zero-order valence-electron chi connectivity index (χ0n) is 13.6. The van der Waals surface area contributed by atoms with Crippen molar-refractivity contribution in [2.75, 3.05) is 26.8 Å². The molecule has 0 fully saturated rings. The lowest BCUT2D eigenvalue weighted by Crippen LogP contribution is -2.43. The molecule has 1 unspecified atom stereocenters. The normalized spacial score (nSPS) is 11.9. The number of hydrogen-bond acceptors (Lipinski definition) is 4. The minimum absolute atomic E-state index is 0.125. The third kappa shape index (κ3) is 5.37. The zero-order chi connectivity index (χ0) is 16.5. The lowest BCUT2D eigenvalue weighted by molar-refractivity contribution is 0.145. The first-order chi connectivity index (χ1) is 11.2. The van der Waals surface area contributed by atoms with Crippen molar-refractivity contribution in [3.63, 3.8) is 0 Å². The number of ether oxygens (including phenoxy) is 1. The molecule has 23 heavy (non-hydrogen) atoms. The van der Waals surface area contributed by atoms with Gasteiger partial charge in [0.25, 0.3) is 0 Å². The lowest BCUT2D eigenvalue weighted by Gasteiger charge is -2.24. The molecule has 2 amide bonds. The van der Waals surface area contributed by atoms with Crippen molar-refractivity contribution in [1.29, 1.82) is 0 Å². The molecule has 7 heteroatoms. The van der Waals surface area contributed by atoms with E-state index in [2.05, 4.69) is 15.3 Å². The first-order valence-corrected chi connectivity index (χ1v) is 7.59. The lowest BCUT2D eigenvalue weighted by atomic mass is 10.3. The molecule has 0 saturated heterocycles. The monoisotopic (exact) mass is 317 g/mol. The maximum absolute atomic E-state index is 12.4. The summed E-state index contributed by atoms with van der Waals surface area (Å²) in [6.07, 6.45) is 7.08. The van der Waals surface area contributed by atoms with Crippen LogP contribution in [-0.2, 0) is 11.3 Å². The van der Waals surface area contributed by atoms with Crippen molar-refractivity contribution in [3.05, 3.63) is 48.8 Å². The Morgan fingerprint density at radius 3 is 2.96 bits per heavy atom. The fraction of sp³-hybridized carbons (Fsp3) is 0.438. The molecule has 0 radical (unpaired) electrons. The summed E-state index contributed by atoms with van der Waals surface area (Å²) in [4.78, 5) is 22.4. The molecule has 0 aliphatic heterocycles. The zero-order valence-corrected chi connectivity index (χ0v) is 13.6. The van der Waals surface area contributed by atoms with E-state index in [1.54, 1.807) is 30.7 Å². The maximum atomic E-state index is 12.4. The van der Waals surface area contributed by atoms with Gasteiger partial charge in [0, 0.05) is 44.8 Å². The first kappa shape index (κ1) is 17.0. The number of aromatic nitrogens is 3. The number of urea groups is 1. The van der Waals surface area contributed by atoms with Gasteiger partial charge in [0.05, 0.1) is 25.2 Å². The summed E-state index contributed by atoms with van der Waals surface area (Å²) in [5.74, 6) is 0. The quantitative estimate of drug-likeness (QED) is 0.804. The number of carbonyl (C=O) groups excluding carboxylic acids is 1.